The highest BCUT2D eigenvalue weighted by atomic mass is 28.3. The van der Waals surface area contributed by atoms with Gasteiger partial charge in [0.25, 0.3) is 0 Å². The lowest BCUT2D eigenvalue weighted by atomic mass is 10.0. The minimum Gasteiger partial charge on any atom is -0.311 e. The molecule has 340 valence electrons. The van der Waals surface area contributed by atoms with Gasteiger partial charge in [-0.05, 0) is 144 Å². The average Bonchev–Trinajstić information content (AvgIpc) is 3.75. The third kappa shape index (κ3) is 9.46. The van der Waals surface area contributed by atoms with Gasteiger partial charge >= 0.3 is 0 Å². The van der Waals surface area contributed by atoms with Gasteiger partial charge in [0.05, 0.1) is 27.2 Å². The second kappa shape index (κ2) is 18.4. The van der Waals surface area contributed by atoms with Gasteiger partial charge in [-0.15, -0.1) is 0 Å². The van der Waals surface area contributed by atoms with Gasteiger partial charge in [0.2, 0.25) is 0 Å². The van der Waals surface area contributed by atoms with E-state index in [1.165, 1.54) is 34.6 Å². The molecule has 0 saturated heterocycles. The van der Waals surface area contributed by atoms with Crippen molar-refractivity contribution in [3.63, 3.8) is 0 Å². The Hall–Kier alpha value is -7.66. The van der Waals surface area contributed by atoms with Crippen LogP contribution >= 0.6 is 0 Å². The zero-order valence-electron chi connectivity index (χ0n) is 39.8. The van der Waals surface area contributed by atoms with Gasteiger partial charge in [0, 0.05) is 45.4 Å². The number of nitrogens with zero attached hydrogens (tertiary/aromatic N) is 4. The van der Waals surface area contributed by atoms with E-state index in [2.05, 4.69) is 217 Å². The van der Waals surface area contributed by atoms with E-state index in [0.717, 1.165) is 84.5 Å². The summed E-state index contributed by atoms with van der Waals surface area (Å²) in [7, 11) is -2.96. The number of imidazole rings is 1. The van der Waals surface area contributed by atoms with Crippen LogP contribution in [0.15, 0.2) is 218 Å². The summed E-state index contributed by atoms with van der Waals surface area (Å²) in [5, 5.41) is 2.78. The molecule has 69 heavy (non-hydrogen) atoms. The number of halogens is 2. The molecule has 0 N–H and O–H groups in total. The number of anilines is 6. The van der Waals surface area contributed by atoms with Gasteiger partial charge in [0.1, 0.15) is 17.5 Å². The third-order valence-electron chi connectivity index (χ3n) is 12.9. The van der Waals surface area contributed by atoms with Crippen molar-refractivity contribution in [1.82, 2.24) is 9.55 Å². The van der Waals surface area contributed by atoms with Crippen LogP contribution in [0.1, 0.15) is 0 Å². The van der Waals surface area contributed by atoms with Crippen LogP contribution in [0.5, 0.6) is 0 Å². The molecule has 0 bridgehead atoms. The molecule has 0 radical (unpaired) electrons. The third-order valence-corrected chi connectivity index (χ3v) is 17.0. The second-order valence-electron chi connectivity index (χ2n) is 19.7. The van der Waals surface area contributed by atoms with Crippen molar-refractivity contribution in [3.8, 4) is 39.3 Å². The van der Waals surface area contributed by atoms with Crippen LogP contribution in [0, 0.1) is 11.6 Å². The van der Waals surface area contributed by atoms with E-state index >= 15 is 0 Å². The molecule has 0 aliphatic rings. The maximum atomic E-state index is 14.1. The van der Waals surface area contributed by atoms with Crippen molar-refractivity contribution >= 4 is 71.7 Å². The minimum atomic E-state index is -1.48. The second-order valence-corrected chi connectivity index (χ2v) is 29.8. The molecule has 0 aliphatic heterocycles. The molecule has 10 aromatic rings. The van der Waals surface area contributed by atoms with Crippen LogP contribution in [0.3, 0.4) is 0 Å². The molecule has 10 rings (SSSR count). The van der Waals surface area contributed by atoms with Crippen LogP contribution in [0.4, 0.5) is 42.9 Å². The molecule has 9 aromatic carbocycles. The van der Waals surface area contributed by atoms with Crippen LogP contribution < -0.4 is 20.2 Å². The largest absolute Gasteiger partial charge is 0.311 e. The van der Waals surface area contributed by atoms with Crippen molar-refractivity contribution in [1.29, 1.82) is 0 Å². The Kier molecular flexibility index (Phi) is 12.1. The molecular formula is C61H54F2N4Si2. The quantitative estimate of drug-likeness (QED) is 0.114. The monoisotopic (exact) mass is 936 g/mol. The Morgan fingerprint density at radius 3 is 1.03 bits per heavy atom. The predicted molar refractivity (Wildman–Crippen MR) is 293 cm³/mol. The van der Waals surface area contributed by atoms with E-state index in [1.807, 2.05) is 30.3 Å². The molecule has 0 spiro atoms. The van der Waals surface area contributed by atoms with Crippen molar-refractivity contribution < 1.29 is 8.78 Å². The first-order valence-electron chi connectivity index (χ1n) is 23.5. The first-order valence-corrected chi connectivity index (χ1v) is 30.5. The summed E-state index contributed by atoms with van der Waals surface area (Å²) < 4.78 is 30.4. The minimum absolute atomic E-state index is 0.258. The zero-order valence-corrected chi connectivity index (χ0v) is 41.8. The smallest absolute Gasteiger partial charge is 0.145 e. The molecule has 8 heteroatoms. The fourth-order valence-corrected chi connectivity index (χ4v) is 11.3. The lowest BCUT2D eigenvalue weighted by molar-refractivity contribution is 0.627. The van der Waals surface area contributed by atoms with Crippen LogP contribution in [-0.2, 0) is 0 Å². The number of hydrogen-bond acceptors (Lipinski definition) is 3. The summed E-state index contributed by atoms with van der Waals surface area (Å²) in [6.45, 7) is 14.1. The molecule has 0 unspecified atom stereocenters. The number of para-hydroxylation sites is 2. The van der Waals surface area contributed by atoms with Crippen LogP contribution in [0.2, 0.25) is 39.3 Å². The molecule has 1 aromatic heterocycles. The van der Waals surface area contributed by atoms with E-state index in [9.17, 15) is 8.78 Å². The van der Waals surface area contributed by atoms with Gasteiger partial charge in [-0.1, -0.05) is 147 Å². The van der Waals surface area contributed by atoms with Gasteiger partial charge in [0.15, 0.2) is 0 Å². The molecule has 0 saturated carbocycles. The van der Waals surface area contributed by atoms with Gasteiger partial charge in [-0.3, -0.25) is 4.57 Å². The van der Waals surface area contributed by atoms with Crippen molar-refractivity contribution in [3.05, 3.63) is 230 Å². The van der Waals surface area contributed by atoms with E-state index in [4.69, 9.17) is 4.98 Å². The predicted octanol–water partition coefficient (Wildman–Crippen LogP) is 16.3. The SMILES string of the molecule is C[Si](C)(C)c1ccc(N(c2ccc(F)cc2)c2ccc(-c3ccc(-c4nc5ccccc5n4-c4ccc(-c5ccc(N(c6ccc(F)cc6)c6ccc([Si](C)(C)C)cc6)cc5)cc4)cc3)cc2)cc1. The fourth-order valence-electron chi connectivity index (χ4n) is 9.00. The summed E-state index contributed by atoms with van der Waals surface area (Å²) >= 11 is 0. The summed E-state index contributed by atoms with van der Waals surface area (Å²) in [6.07, 6.45) is 0. The van der Waals surface area contributed by atoms with Crippen molar-refractivity contribution in [2.24, 2.45) is 0 Å². The molecule has 0 amide bonds. The molecular weight excluding hydrogens is 883 g/mol. The number of aromatic nitrogens is 2. The van der Waals surface area contributed by atoms with E-state index in [0.29, 0.717) is 0 Å². The zero-order chi connectivity index (χ0) is 47.9. The lowest BCUT2D eigenvalue weighted by Crippen LogP contribution is -2.37. The average molecular weight is 937 g/mol. The van der Waals surface area contributed by atoms with Crippen LogP contribution in [-0.4, -0.2) is 25.7 Å². The van der Waals surface area contributed by atoms with Crippen molar-refractivity contribution in [2.75, 3.05) is 9.80 Å². The molecule has 0 aliphatic carbocycles. The van der Waals surface area contributed by atoms with Gasteiger partial charge < -0.3 is 9.80 Å². The van der Waals surface area contributed by atoms with Gasteiger partial charge in [-0.25, -0.2) is 13.8 Å². The van der Waals surface area contributed by atoms with E-state index in [1.54, 1.807) is 0 Å². The van der Waals surface area contributed by atoms with Gasteiger partial charge in [-0.2, -0.15) is 0 Å². The number of rotatable bonds is 12. The van der Waals surface area contributed by atoms with Crippen LogP contribution in [0.25, 0.3) is 50.4 Å². The number of hydrogen-bond donors (Lipinski definition) is 0. The van der Waals surface area contributed by atoms with E-state index < -0.39 is 16.1 Å². The Morgan fingerprint density at radius 2 is 0.652 bits per heavy atom. The standard InChI is InChI=1S/C61H54F2N4Si2/c1-68(2,3)57-39-35-54(36-40-57)65(52-31-21-48(62)22-32-52)50-25-15-44(16-26-50)43-11-13-47(14-12-43)61-64-59-9-7-8-10-60(59)67(61)56-29-19-46(20-30-56)45-17-27-51(28-18-45)66(53-33-23-49(63)24-34-53)55-37-41-58(42-38-55)69(4,5)6/h7-42H,1-6H3. The normalized spacial score (nSPS) is 11.8. The van der Waals surface area contributed by atoms with E-state index in [-0.39, 0.29) is 11.6 Å². The maximum absolute atomic E-state index is 14.1. The summed E-state index contributed by atoms with van der Waals surface area (Å²) in [4.78, 5) is 9.51. The summed E-state index contributed by atoms with van der Waals surface area (Å²) in [6, 6.07) is 73.7. The maximum Gasteiger partial charge on any atom is 0.145 e. The summed E-state index contributed by atoms with van der Waals surface area (Å²) in [5.41, 5.74) is 14.2. The topological polar surface area (TPSA) is 24.3 Å². The first kappa shape index (κ1) is 45.1. The van der Waals surface area contributed by atoms with Crippen molar-refractivity contribution in [2.45, 2.75) is 39.3 Å². The molecule has 0 fully saturated rings. The Labute approximate surface area is 406 Å². The highest BCUT2D eigenvalue weighted by molar-refractivity contribution is 6.89. The Bertz CT molecular complexity index is 3360. The Balaban J connectivity index is 0.914. The number of fused-ring (bicyclic) bond motifs is 1. The highest BCUT2D eigenvalue weighted by Gasteiger charge is 2.21. The first-order chi connectivity index (χ1) is 33.3. The number of benzene rings is 9. The molecule has 0 atom stereocenters. The highest BCUT2D eigenvalue weighted by Crippen LogP contribution is 2.38. The molecule has 1 heterocycles. The molecule has 4 nitrogen and oxygen atoms in total. The summed E-state index contributed by atoms with van der Waals surface area (Å²) in [5.74, 6) is 0.348. The fraction of sp³-hybridized carbons (Fsp3) is 0.0984. The lowest BCUT2D eigenvalue weighted by Gasteiger charge is -2.27. The Morgan fingerprint density at radius 1 is 0.348 bits per heavy atom.